The number of aliphatic hydroxyl groups is 1. The number of hydrogen-bond acceptors (Lipinski definition) is 4. The molecule has 2 rings (SSSR count). The highest BCUT2D eigenvalue weighted by molar-refractivity contribution is 7.47. The van der Waals surface area contributed by atoms with Crippen molar-refractivity contribution in [3.63, 3.8) is 0 Å². The summed E-state index contributed by atoms with van der Waals surface area (Å²) < 4.78 is 20.0. The number of hydrogen-bond donors (Lipinski definition) is 2. The molecule has 0 aromatic carbocycles. The molecule has 0 heterocycles. The molecule has 5 nitrogen and oxygen atoms in total. The first-order valence-electron chi connectivity index (χ1n) is 4.74. The summed E-state index contributed by atoms with van der Waals surface area (Å²) in [6.45, 7) is 0.115. The number of rotatable bonds is 4. The van der Waals surface area contributed by atoms with E-state index in [-0.39, 0.29) is 18.6 Å². The third-order valence-electron chi connectivity index (χ3n) is 3.23. The van der Waals surface area contributed by atoms with Crippen molar-refractivity contribution in [3.05, 3.63) is 0 Å². The summed E-state index contributed by atoms with van der Waals surface area (Å²) >= 11 is 0. The Labute approximate surface area is 82.6 Å². The standard InChI is InChI=1S/C8H15O5P/c1-12-14(10,11)13-4-7-6-2-5(6)3-8(7)9/h5-9H,2-4H2,1H3,(H,10,11). The Hall–Kier alpha value is 0.0700. The highest BCUT2D eigenvalue weighted by Gasteiger charge is 2.53. The van der Waals surface area contributed by atoms with Gasteiger partial charge >= 0.3 is 7.82 Å². The predicted octanol–water partition coefficient (Wildman–Crippen LogP) is 0.767. The van der Waals surface area contributed by atoms with Crippen LogP contribution in [0, 0.1) is 17.8 Å². The molecule has 5 unspecified atom stereocenters. The molecule has 0 aromatic heterocycles. The van der Waals surface area contributed by atoms with Crippen molar-refractivity contribution in [2.24, 2.45) is 17.8 Å². The van der Waals surface area contributed by atoms with Crippen LogP contribution in [0.15, 0.2) is 0 Å². The van der Waals surface area contributed by atoms with Crippen molar-refractivity contribution < 1.29 is 23.6 Å². The van der Waals surface area contributed by atoms with Gasteiger partial charge in [0.2, 0.25) is 0 Å². The third kappa shape index (κ3) is 2.02. The maximum Gasteiger partial charge on any atom is 0.471 e. The molecule has 0 saturated heterocycles. The zero-order valence-electron chi connectivity index (χ0n) is 8.00. The van der Waals surface area contributed by atoms with Crippen LogP contribution in [0.2, 0.25) is 0 Å². The van der Waals surface area contributed by atoms with Gasteiger partial charge in [-0.05, 0) is 24.7 Å². The average Bonchev–Trinajstić information content (AvgIpc) is 2.78. The lowest BCUT2D eigenvalue weighted by molar-refractivity contribution is 0.0653. The molecule has 0 aliphatic heterocycles. The Balaban J connectivity index is 1.83. The van der Waals surface area contributed by atoms with Gasteiger partial charge in [-0.3, -0.25) is 9.05 Å². The molecule has 2 aliphatic carbocycles. The topological polar surface area (TPSA) is 76.0 Å². The van der Waals surface area contributed by atoms with Gasteiger partial charge < -0.3 is 10.00 Å². The van der Waals surface area contributed by atoms with Gasteiger partial charge in [0.1, 0.15) is 0 Å². The Bertz CT molecular complexity index is 266. The number of aliphatic hydroxyl groups excluding tert-OH is 1. The van der Waals surface area contributed by atoms with Crippen molar-refractivity contribution in [3.8, 4) is 0 Å². The largest absolute Gasteiger partial charge is 0.471 e. The van der Waals surface area contributed by atoms with E-state index < -0.39 is 7.82 Å². The molecule has 2 saturated carbocycles. The summed E-state index contributed by atoms with van der Waals surface area (Å²) in [6.07, 6.45) is 1.55. The van der Waals surface area contributed by atoms with E-state index in [2.05, 4.69) is 4.52 Å². The van der Waals surface area contributed by atoms with Gasteiger partial charge in [0.05, 0.1) is 12.7 Å². The maximum atomic E-state index is 11.0. The summed E-state index contributed by atoms with van der Waals surface area (Å²) in [6, 6.07) is 0. The summed E-state index contributed by atoms with van der Waals surface area (Å²) in [5.41, 5.74) is 0. The first kappa shape index (κ1) is 10.6. The number of fused-ring (bicyclic) bond motifs is 1. The minimum Gasteiger partial charge on any atom is -0.393 e. The van der Waals surface area contributed by atoms with E-state index in [0.29, 0.717) is 11.8 Å². The van der Waals surface area contributed by atoms with Crippen molar-refractivity contribution >= 4 is 7.82 Å². The van der Waals surface area contributed by atoms with Crippen LogP contribution in [-0.2, 0) is 13.6 Å². The second-order valence-electron chi connectivity index (χ2n) is 4.07. The molecule has 2 aliphatic rings. The minimum atomic E-state index is -3.87. The Morgan fingerprint density at radius 3 is 2.71 bits per heavy atom. The van der Waals surface area contributed by atoms with Crippen molar-refractivity contribution in [1.29, 1.82) is 0 Å². The van der Waals surface area contributed by atoms with Crippen LogP contribution in [0.25, 0.3) is 0 Å². The maximum absolute atomic E-state index is 11.0. The molecule has 0 aromatic rings. The molecule has 14 heavy (non-hydrogen) atoms. The molecular formula is C8H15O5P. The van der Waals surface area contributed by atoms with Crippen LogP contribution in [-0.4, -0.2) is 29.8 Å². The van der Waals surface area contributed by atoms with E-state index in [1.54, 1.807) is 0 Å². The zero-order valence-corrected chi connectivity index (χ0v) is 8.89. The second kappa shape index (κ2) is 3.58. The van der Waals surface area contributed by atoms with Crippen LogP contribution >= 0.6 is 7.82 Å². The Kier molecular flexibility index (Phi) is 2.70. The monoisotopic (exact) mass is 222 g/mol. The van der Waals surface area contributed by atoms with Crippen molar-refractivity contribution in [1.82, 2.24) is 0 Å². The van der Waals surface area contributed by atoms with Crippen LogP contribution in [0.3, 0.4) is 0 Å². The van der Waals surface area contributed by atoms with Crippen molar-refractivity contribution in [2.45, 2.75) is 18.9 Å². The predicted molar refractivity (Wildman–Crippen MR) is 48.5 cm³/mol. The van der Waals surface area contributed by atoms with E-state index in [1.807, 2.05) is 0 Å². The summed E-state index contributed by atoms with van der Waals surface area (Å²) in [4.78, 5) is 9.00. The zero-order chi connectivity index (χ0) is 10.3. The number of phosphoric acid groups is 1. The molecule has 82 valence electrons. The lowest BCUT2D eigenvalue weighted by Gasteiger charge is -2.18. The molecule has 2 fully saturated rings. The normalized spacial score (nSPS) is 44.5. The summed E-state index contributed by atoms with van der Waals surface area (Å²) in [5.74, 6) is 1.11. The molecule has 0 radical (unpaired) electrons. The van der Waals surface area contributed by atoms with Gasteiger partial charge in [-0.2, -0.15) is 0 Å². The van der Waals surface area contributed by atoms with Gasteiger partial charge in [0.15, 0.2) is 0 Å². The smallest absolute Gasteiger partial charge is 0.393 e. The lowest BCUT2D eigenvalue weighted by atomic mass is 10.0. The van der Waals surface area contributed by atoms with Gasteiger partial charge in [0.25, 0.3) is 0 Å². The van der Waals surface area contributed by atoms with E-state index in [4.69, 9.17) is 9.42 Å². The summed E-state index contributed by atoms with van der Waals surface area (Å²) in [7, 11) is -2.74. The first-order chi connectivity index (χ1) is 6.53. The molecular weight excluding hydrogens is 207 g/mol. The van der Waals surface area contributed by atoms with Gasteiger partial charge in [0, 0.05) is 13.0 Å². The molecule has 2 N–H and O–H groups in total. The molecule has 0 amide bonds. The van der Waals surface area contributed by atoms with E-state index >= 15 is 0 Å². The van der Waals surface area contributed by atoms with Crippen LogP contribution < -0.4 is 0 Å². The first-order valence-corrected chi connectivity index (χ1v) is 6.24. The second-order valence-corrected chi connectivity index (χ2v) is 5.63. The van der Waals surface area contributed by atoms with Crippen LogP contribution in [0.4, 0.5) is 0 Å². The van der Waals surface area contributed by atoms with E-state index in [9.17, 15) is 9.67 Å². The third-order valence-corrected chi connectivity index (χ3v) is 4.16. The van der Waals surface area contributed by atoms with Gasteiger partial charge in [-0.25, -0.2) is 4.57 Å². The SMILES string of the molecule is COP(=O)(O)OCC1C(O)CC2CC21. The molecule has 6 heteroatoms. The minimum absolute atomic E-state index is 0.00984. The van der Waals surface area contributed by atoms with Crippen LogP contribution in [0.1, 0.15) is 12.8 Å². The molecule has 0 spiro atoms. The molecule has 0 bridgehead atoms. The number of phosphoric ester groups is 1. The van der Waals surface area contributed by atoms with Crippen molar-refractivity contribution in [2.75, 3.05) is 13.7 Å². The summed E-state index contributed by atoms with van der Waals surface area (Å²) in [5, 5.41) is 9.57. The van der Waals surface area contributed by atoms with Crippen LogP contribution in [0.5, 0.6) is 0 Å². The van der Waals surface area contributed by atoms with Gasteiger partial charge in [-0.15, -0.1) is 0 Å². The lowest BCUT2D eigenvalue weighted by Crippen LogP contribution is -2.22. The van der Waals surface area contributed by atoms with E-state index in [1.165, 1.54) is 0 Å². The highest BCUT2D eigenvalue weighted by atomic mass is 31.2. The van der Waals surface area contributed by atoms with Gasteiger partial charge in [-0.1, -0.05) is 0 Å². The van der Waals surface area contributed by atoms with E-state index in [0.717, 1.165) is 20.0 Å². The fourth-order valence-electron chi connectivity index (χ4n) is 2.30. The Morgan fingerprint density at radius 1 is 1.50 bits per heavy atom. The molecule has 5 atom stereocenters. The average molecular weight is 222 g/mol. The Morgan fingerprint density at radius 2 is 2.21 bits per heavy atom. The fraction of sp³-hybridized carbons (Fsp3) is 1.00. The quantitative estimate of drug-likeness (QED) is 0.687. The fourth-order valence-corrected chi connectivity index (χ4v) is 2.77. The highest BCUT2D eigenvalue weighted by Crippen LogP contribution is 2.56.